The van der Waals surface area contributed by atoms with Crippen LogP contribution in [-0.4, -0.2) is 29.2 Å². The zero-order valence-electron chi connectivity index (χ0n) is 11.4. The van der Waals surface area contributed by atoms with E-state index in [9.17, 15) is 9.59 Å². The van der Waals surface area contributed by atoms with E-state index in [0.29, 0.717) is 10.2 Å². The van der Waals surface area contributed by atoms with Crippen LogP contribution >= 0.6 is 15.9 Å². The van der Waals surface area contributed by atoms with Gasteiger partial charge in [0.1, 0.15) is 0 Å². The maximum absolute atomic E-state index is 12.0. The molecule has 1 saturated carbocycles. The number of urea groups is 1. The molecular formula is C14H18BrN3O3. The summed E-state index contributed by atoms with van der Waals surface area (Å²) >= 11 is 3.29. The zero-order chi connectivity index (χ0) is 15.4. The van der Waals surface area contributed by atoms with Gasteiger partial charge in [0.25, 0.3) is 0 Å². The number of rotatable bonds is 3. The quantitative estimate of drug-likeness (QED) is 0.668. The molecule has 0 aliphatic heterocycles. The van der Waals surface area contributed by atoms with Gasteiger partial charge in [0.15, 0.2) is 0 Å². The van der Waals surface area contributed by atoms with Gasteiger partial charge in [-0.1, -0.05) is 12.8 Å². The van der Waals surface area contributed by atoms with Crippen LogP contribution in [0.2, 0.25) is 0 Å². The number of nitrogens with one attached hydrogen (secondary N) is 2. The highest BCUT2D eigenvalue weighted by atomic mass is 79.9. The second-order valence-corrected chi connectivity index (χ2v) is 6.01. The van der Waals surface area contributed by atoms with Crippen molar-refractivity contribution in [3.05, 3.63) is 28.2 Å². The van der Waals surface area contributed by atoms with Gasteiger partial charge >= 0.3 is 12.0 Å². The topological polar surface area (TPSA) is 104 Å². The van der Waals surface area contributed by atoms with Gasteiger partial charge in [-0.15, -0.1) is 0 Å². The Morgan fingerprint density at radius 2 is 2.00 bits per heavy atom. The minimum atomic E-state index is -1.04. The lowest BCUT2D eigenvalue weighted by molar-refractivity contribution is 0.0697. The van der Waals surface area contributed by atoms with Gasteiger partial charge in [-0.2, -0.15) is 0 Å². The second kappa shape index (κ2) is 6.91. The maximum atomic E-state index is 12.0. The van der Waals surface area contributed by atoms with Gasteiger partial charge in [0.05, 0.1) is 11.3 Å². The van der Waals surface area contributed by atoms with Crippen molar-refractivity contribution >= 4 is 33.6 Å². The summed E-state index contributed by atoms with van der Waals surface area (Å²) in [5, 5.41) is 14.5. The normalized spacial score (nSPS) is 21.6. The Hall–Kier alpha value is -1.60. The van der Waals surface area contributed by atoms with E-state index in [1.54, 1.807) is 6.07 Å². The van der Waals surface area contributed by atoms with E-state index in [1.807, 2.05) is 0 Å². The number of carboxylic acids is 1. The van der Waals surface area contributed by atoms with Crippen molar-refractivity contribution in [1.82, 2.24) is 5.32 Å². The van der Waals surface area contributed by atoms with Crippen LogP contribution in [0.3, 0.4) is 0 Å². The lowest BCUT2D eigenvalue weighted by Gasteiger charge is -2.29. The first kappa shape index (κ1) is 15.8. The lowest BCUT2D eigenvalue weighted by atomic mass is 9.91. The zero-order valence-corrected chi connectivity index (χ0v) is 13.0. The molecule has 0 spiro atoms. The number of carbonyl (C=O) groups is 2. The number of carbonyl (C=O) groups excluding carboxylic acids is 1. The summed E-state index contributed by atoms with van der Waals surface area (Å²) in [4.78, 5) is 23.0. The molecule has 0 radical (unpaired) electrons. The fourth-order valence-corrected chi connectivity index (χ4v) is 2.77. The number of carboxylic acid groups (broad SMARTS) is 1. The molecule has 0 aromatic heterocycles. The van der Waals surface area contributed by atoms with Crippen LogP contribution in [0.1, 0.15) is 36.0 Å². The summed E-state index contributed by atoms with van der Waals surface area (Å²) in [6, 6.07) is 4.02. The second-order valence-electron chi connectivity index (χ2n) is 5.15. The van der Waals surface area contributed by atoms with E-state index in [2.05, 4.69) is 26.6 Å². The van der Waals surface area contributed by atoms with E-state index in [0.717, 1.165) is 25.7 Å². The number of halogens is 1. The molecule has 0 bridgehead atoms. The Morgan fingerprint density at radius 3 is 2.67 bits per heavy atom. The lowest BCUT2D eigenvalue weighted by Crippen LogP contribution is -2.50. The van der Waals surface area contributed by atoms with Gasteiger partial charge in [-0.3, -0.25) is 0 Å². The molecular weight excluding hydrogens is 338 g/mol. The molecule has 2 atom stereocenters. The molecule has 6 nitrogen and oxygen atoms in total. The Bertz CT molecular complexity index is 550. The third-order valence-corrected chi connectivity index (χ3v) is 4.29. The molecule has 2 amide bonds. The smallest absolute Gasteiger partial charge is 0.335 e. The fourth-order valence-electron chi connectivity index (χ4n) is 2.42. The van der Waals surface area contributed by atoms with Gasteiger partial charge in [-0.05, 0) is 47.0 Å². The van der Waals surface area contributed by atoms with Crippen molar-refractivity contribution in [3.63, 3.8) is 0 Å². The molecule has 0 heterocycles. The van der Waals surface area contributed by atoms with Gasteiger partial charge in [0.2, 0.25) is 0 Å². The van der Waals surface area contributed by atoms with Crippen molar-refractivity contribution in [3.8, 4) is 0 Å². The number of hydrogen-bond donors (Lipinski definition) is 4. The predicted octanol–water partition coefficient (Wildman–Crippen LogP) is 2.54. The predicted molar refractivity (Wildman–Crippen MR) is 83.5 cm³/mol. The molecule has 1 aliphatic carbocycles. The molecule has 7 heteroatoms. The average molecular weight is 356 g/mol. The van der Waals surface area contributed by atoms with Crippen molar-refractivity contribution in [2.45, 2.75) is 37.8 Å². The van der Waals surface area contributed by atoms with Gasteiger partial charge in [-0.25, -0.2) is 9.59 Å². The molecule has 21 heavy (non-hydrogen) atoms. The summed E-state index contributed by atoms with van der Waals surface area (Å²) in [5.74, 6) is -1.04. The van der Waals surface area contributed by atoms with E-state index in [1.165, 1.54) is 12.1 Å². The Labute approximate surface area is 131 Å². The van der Waals surface area contributed by atoms with E-state index < -0.39 is 5.97 Å². The highest BCUT2D eigenvalue weighted by Gasteiger charge is 2.23. The Morgan fingerprint density at radius 1 is 1.29 bits per heavy atom. The first-order chi connectivity index (χ1) is 9.97. The summed E-state index contributed by atoms with van der Waals surface area (Å²) in [6.07, 6.45) is 3.91. The molecule has 1 fully saturated rings. The van der Waals surface area contributed by atoms with Crippen LogP contribution in [0.15, 0.2) is 22.7 Å². The summed E-state index contributed by atoms with van der Waals surface area (Å²) < 4.78 is 0.621. The standard InChI is InChI=1S/C14H18BrN3O3/c15-9-6-5-8(13(19)20)7-12(9)18-14(21)17-11-4-2-1-3-10(11)16/h5-7,10-11H,1-4,16H2,(H,19,20)(H2,17,18,21). The number of amides is 2. The molecule has 2 unspecified atom stereocenters. The number of aromatic carboxylic acids is 1. The Kier molecular flexibility index (Phi) is 5.19. The van der Waals surface area contributed by atoms with Crippen molar-refractivity contribution < 1.29 is 14.7 Å². The molecule has 1 aromatic rings. The van der Waals surface area contributed by atoms with Crippen LogP contribution in [0.4, 0.5) is 10.5 Å². The van der Waals surface area contributed by atoms with Crippen LogP contribution in [0.25, 0.3) is 0 Å². The molecule has 0 saturated heterocycles. The third kappa shape index (κ3) is 4.18. The van der Waals surface area contributed by atoms with Crippen LogP contribution in [-0.2, 0) is 0 Å². The first-order valence-electron chi connectivity index (χ1n) is 6.83. The molecule has 1 aliphatic rings. The van der Waals surface area contributed by atoms with Crippen molar-refractivity contribution in [1.29, 1.82) is 0 Å². The summed E-state index contributed by atoms with van der Waals surface area (Å²) in [7, 11) is 0. The van der Waals surface area contributed by atoms with E-state index >= 15 is 0 Å². The van der Waals surface area contributed by atoms with Crippen LogP contribution in [0, 0.1) is 0 Å². The number of anilines is 1. The largest absolute Gasteiger partial charge is 0.478 e. The van der Waals surface area contributed by atoms with Gasteiger partial charge in [0, 0.05) is 16.6 Å². The highest BCUT2D eigenvalue weighted by molar-refractivity contribution is 9.10. The maximum Gasteiger partial charge on any atom is 0.335 e. The SMILES string of the molecule is NC1CCCCC1NC(=O)Nc1cc(C(=O)O)ccc1Br. The van der Waals surface area contributed by atoms with Crippen molar-refractivity contribution in [2.24, 2.45) is 5.73 Å². The average Bonchev–Trinajstić information content (AvgIpc) is 2.43. The third-order valence-electron chi connectivity index (χ3n) is 3.60. The number of hydrogen-bond acceptors (Lipinski definition) is 3. The molecule has 1 aromatic carbocycles. The monoisotopic (exact) mass is 355 g/mol. The number of benzene rings is 1. The highest BCUT2D eigenvalue weighted by Crippen LogP contribution is 2.24. The van der Waals surface area contributed by atoms with Crippen LogP contribution in [0.5, 0.6) is 0 Å². The summed E-state index contributed by atoms with van der Waals surface area (Å²) in [5.41, 5.74) is 6.51. The fraction of sp³-hybridized carbons (Fsp3) is 0.429. The van der Waals surface area contributed by atoms with Crippen LogP contribution < -0.4 is 16.4 Å². The minimum Gasteiger partial charge on any atom is -0.478 e. The van der Waals surface area contributed by atoms with E-state index in [4.69, 9.17) is 10.8 Å². The summed E-state index contributed by atoms with van der Waals surface area (Å²) in [6.45, 7) is 0. The molecule has 114 valence electrons. The Balaban J connectivity index is 2.02. The number of nitrogens with two attached hydrogens (primary N) is 1. The van der Waals surface area contributed by atoms with Gasteiger partial charge < -0.3 is 21.5 Å². The first-order valence-corrected chi connectivity index (χ1v) is 7.62. The molecule has 5 N–H and O–H groups in total. The van der Waals surface area contributed by atoms with Crippen molar-refractivity contribution in [2.75, 3.05) is 5.32 Å². The van der Waals surface area contributed by atoms with E-state index in [-0.39, 0.29) is 23.7 Å². The minimum absolute atomic E-state index is 0.0294. The molecule has 2 rings (SSSR count).